The maximum absolute atomic E-state index is 12.6. The molecule has 0 aromatic carbocycles. The number of aryl methyl sites for hydroxylation is 3. The van der Waals surface area contributed by atoms with Crippen molar-refractivity contribution in [2.75, 3.05) is 12.3 Å². The first kappa shape index (κ1) is 22.5. The second kappa shape index (κ2) is 9.73. The number of anilines is 1. The molecule has 0 atom stereocenters. The summed E-state index contributed by atoms with van der Waals surface area (Å²) in [5.74, 6) is 0.602. The van der Waals surface area contributed by atoms with Gasteiger partial charge in [0.2, 0.25) is 0 Å². The van der Waals surface area contributed by atoms with E-state index in [-0.39, 0.29) is 12.4 Å². The molecule has 1 amide bonds. The van der Waals surface area contributed by atoms with Crippen LogP contribution < -0.4 is 15.6 Å². The largest absolute Gasteiger partial charge is 0.483 e. The molecular weight excluding hydrogens is 412 g/mol. The van der Waals surface area contributed by atoms with Crippen LogP contribution in [0.4, 0.5) is 5.69 Å². The molecule has 0 aliphatic rings. The molecule has 0 bridgehead atoms. The summed E-state index contributed by atoms with van der Waals surface area (Å²) in [6, 6.07) is 7.31. The average molecular weight is 437 g/mol. The fraction of sp³-hybridized carbons (Fsp3) is 0.227. The lowest BCUT2D eigenvalue weighted by molar-refractivity contribution is -0.700. The molecule has 4 heterocycles. The number of rotatable bonds is 5. The van der Waals surface area contributed by atoms with E-state index in [9.17, 15) is 4.79 Å². The van der Waals surface area contributed by atoms with Crippen molar-refractivity contribution in [3.05, 3.63) is 65.6 Å². The highest BCUT2D eigenvalue weighted by molar-refractivity contribution is 5.95. The van der Waals surface area contributed by atoms with Crippen molar-refractivity contribution in [3.63, 3.8) is 0 Å². The fourth-order valence-electron chi connectivity index (χ4n) is 3.46. The third-order valence-electron chi connectivity index (χ3n) is 4.98. The number of carbonyl (C=O) groups is 2. The van der Waals surface area contributed by atoms with E-state index < -0.39 is 0 Å². The summed E-state index contributed by atoms with van der Waals surface area (Å²) in [5.41, 5.74) is 11.4. The molecular formula is C22H25N6O4+. The first-order valence-corrected chi connectivity index (χ1v) is 9.87. The molecule has 0 aliphatic carbocycles. The van der Waals surface area contributed by atoms with Gasteiger partial charge in [0.15, 0.2) is 18.4 Å². The molecule has 4 aromatic heterocycles. The topological polar surface area (TPSA) is 140 Å². The Kier molecular flexibility index (Phi) is 6.83. The van der Waals surface area contributed by atoms with E-state index in [2.05, 4.69) is 15.5 Å². The highest BCUT2D eigenvalue weighted by Gasteiger charge is 2.17. The number of carbonyl (C=O) groups excluding carboxylic acids is 1. The van der Waals surface area contributed by atoms with Gasteiger partial charge in [-0.15, -0.1) is 0 Å². The lowest BCUT2D eigenvalue weighted by Crippen LogP contribution is -2.42. The van der Waals surface area contributed by atoms with Crippen LogP contribution in [-0.2, 0) is 11.3 Å². The molecule has 32 heavy (non-hydrogen) atoms. The van der Waals surface area contributed by atoms with Gasteiger partial charge in [0.25, 0.3) is 12.4 Å². The molecule has 166 valence electrons. The Morgan fingerprint density at radius 3 is 2.72 bits per heavy atom. The highest BCUT2D eigenvalue weighted by Crippen LogP contribution is 2.27. The Bertz CT molecular complexity index is 1240. The van der Waals surface area contributed by atoms with E-state index in [4.69, 9.17) is 20.2 Å². The molecule has 10 nitrogen and oxygen atoms in total. The van der Waals surface area contributed by atoms with Crippen LogP contribution in [0.3, 0.4) is 0 Å². The first-order valence-electron chi connectivity index (χ1n) is 9.87. The third-order valence-corrected chi connectivity index (χ3v) is 4.98. The van der Waals surface area contributed by atoms with Gasteiger partial charge in [0, 0.05) is 36.5 Å². The number of nitrogens with two attached hydrogens (primary N) is 1. The average Bonchev–Trinajstić information content (AvgIpc) is 3.31. The van der Waals surface area contributed by atoms with Gasteiger partial charge >= 0.3 is 0 Å². The number of hydrogen-bond donors (Lipinski definition) is 3. The minimum Gasteiger partial charge on any atom is -0.483 e. The number of nitrogens with zero attached hydrogens (tertiary/aromatic N) is 4. The second-order valence-corrected chi connectivity index (χ2v) is 7.14. The predicted molar refractivity (Wildman–Crippen MR) is 117 cm³/mol. The quantitative estimate of drug-likeness (QED) is 0.320. The van der Waals surface area contributed by atoms with Gasteiger partial charge in [-0.1, -0.05) is 5.16 Å². The monoisotopic (exact) mass is 437 g/mol. The van der Waals surface area contributed by atoms with Crippen LogP contribution in [-0.4, -0.2) is 38.6 Å². The van der Waals surface area contributed by atoms with Crippen LogP contribution in [0.15, 0.2) is 47.4 Å². The Morgan fingerprint density at radius 2 is 2.06 bits per heavy atom. The Balaban J connectivity index is 0.000000913. The molecule has 4 rings (SSSR count). The maximum Gasteiger partial charge on any atom is 0.290 e. The Hall–Kier alpha value is -4.21. The van der Waals surface area contributed by atoms with Crippen LogP contribution in [0.1, 0.15) is 27.5 Å². The summed E-state index contributed by atoms with van der Waals surface area (Å²) in [7, 11) is 0. The number of nitrogen functional groups attached to an aromatic ring is 1. The van der Waals surface area contributed by atoms with Crippen LogP contribution in [0, 0.1) is 20.8 Å². The molecule has 0 saturated carbocycles. The molecule has 0 unspecified atom stereocenters. The number of pyridine rings is 2. The van der Waals surface area contributed by atoms with Crippen molar-refractivity contribution in [1.82, 2.24) is 19.9 Å². The van der Waals surface area contributed by atoms with Crippen molar-refractivity contribution in [1.29, 1.82) is 0 Å². The zero-order chi connectivity index (χ0) is 23.3. The second-order valence-electron chi connectivity index (χ2n) is 7.14. The number of amides is 1. The van der Waals surface area contributed by atoms with Crippen LogP contribution in [0.2, 0.25) is 0 Å². The Morgan fingerprint density at radius 1 is 1.31 bits per heavy atom. The number of aromatic nitrogens is 4. The molecule has 0 spiro atoms. The number of nitrogens with one attached hydrogen (secondary N) is 1. The van der Waals surface area contributed by atoms with Crippen LogP contribution in [0.5, 0.6) is 0 Å². The van der Waals surface area contributed by atoms with E-state index in [1.807, 2.05) is 54.3 Å². The van der Waals surface area contributed by atoms with Gasteiger partial charge in [0.1, 0.15) is 11.4 Å². The smallest absolute Gasteiger partial charge is 0.290 e. The zero-order valence-corrected chi connectivity index (χ0v) is 18.1. The summed E-state index contributed by atoms with van der Waals surface area (Å²) < 4.78 is 9.23. The van der Waals surface area contributed by atoms with Crippen LogP contribution >= 0.6 is 0 Å². The molecule has 0 radical (unpaired) electrons. The molecule has 4 N–H and O–H groups in total. The Labute approximate surface area is 184 Å². The lowest BCUT2D eigenvalue weighted by Gasteiger charge is -2.06. The summed E-state index contributed by atoms with van der Waals surface area (Å²) in [5, 5.41) is 13.8. The van der Waals surface area contributed by atoms with Crippen molar-refractivity contribution >= 4 is 23.7 Å². The van der Waals surface area contributed by atoms with Gasteiger partial charge in [-0.2, -0.15) is 0 Å². The van der Waals surface area contributed by atoms with Crippen molar-refractivity contribution < 1.29 is 23.8 Å². The van der Waals surface area contributed by atoms with E-state index >= 15 is 0 Å². The molecule has 0 saturated heterocycles. The SMILES string of the molecule is Cc1noc(C)c1-c1cnc2cc(C(=O)NCC[n+]3ccc(N)cc3C)ccn12.O=CO. The standard InChI is InChI=1S/C21H22N6O2.CH2O2/c1-13-10-17(22)5-7-26(13)9-6-23-21(28)16-4-8-27-18(12-24-19(27)11-16)20-14(2)25-29-15(20)3;2-1-3/h4-5,7-8,10-12,22H,6,9H2,1-3H3,(H,23,28);1H,(H,2,3)/p+1. The minimum atomic E-state index is -0.250. The zero-order valence-electron chi connectivity index (χ0n) is 18.1. The van der Waals surface area contributed by atoms with Crippen molar-refractivity contribution in [3.8, 4) is 11.3 Å². The summed E-state index contributed by atoms with van der Waals surface area (Å²) in [6.07, 6.45) is 5.53. The lowest BCUT2D eigenvalue weighted by atomic mass is 10.1. The predicted octanol–water partition coefficient (Wildman–Crippen LogP) is 1.92. The fourth-order valence-corrected chi connectivity index (χ4v) is 3.46. The van der Waals surface area contributed by atoms with Gasteiger partial charge < -0.3 is 20.7 Å². The molecule has 10 heteroatoms. The maximum atomic E-state index is 12.6. The number of imidazole rings is 1. The number of carboxylic acid groups (broad SMARTS) is 1. The van der Waals surface area contributed by atoms with Gasteiger partial charge in [-0.3, -0.25) is 14.0 Å². The summed E-state index contributed by atoms with van der Waals surface area (Å²) >= 11 is 0. The van der Waals surface area contributed by atoms with E-state index in [0.29, 0.717) is 24.3 Å². The van der Waals surface area contributed by atoms with E-state index in [1.54, 1.807) is 18.3 Å². The van der Waals surface area contributed by atoms with Gasteiger partial charge in [-0.05, 0) is 26.0 Å². The normalized spacial score (nSPS) is 10.5. The number of hydrogen-bond acceptors (Lipinski definition) is 6. The van der Waals surface area contributed by atoms with Gasteiger partial charge in [-0.25, -0.2) is 9.55 Å². The van der Waals surface area contributed by atoms with E-state index in [0.717, 1.165) is 34.1 Å². The van der Waals surface area contributed by atoms with E-state index in [1.165, 1.54) is 0 Å². The third kappa shape index (κ3) is 4.75. The number of fused-ring (bicyclic) bond motifs is 1. The van der Waals surface area contributed by atoms with Crippen LogP contribution in [0.25, 0.3) is 16.9 Å². The molecule has 4 aromatic rings. The first-order chi connectivity index (χ1) is 15.3. The summed E-state index contributed by atoms with van der Waals surface area (Å²) in [4.78, 5) is 25.4. The highest BCUT2D eigenvalue weighted by atomic mass is 16.5. The summed E-state index contributed by atoms with van der Waals surface area (Å²) in [6.45, 7) is 6.68. The van der Waals surface area contributed by atoms with Gasteiger partial charge in [0.05, 0.1) is 29.7 Å². The molecule has 0 fully saturated rings. The molecule has 0 aliphatic heterocycles. The van der Waals surface area contributed by atoms with Crippen molar-refractivity contribution in [2.45, 2.75) is 27.3 Å². The minimum absolute atomic E-state index is 0.136. The van der Waals surface area contributed by atoms with Crippen molar-refractivity contribution in [2.24, 2.45) is 0 Å².